The van der Waals surface area contributed by atoms with E-state index in [4.69, 9.17) is 4.74 Å². The highest BCUT2D eigenvalue weighted by molar-refractivity contribution is 5.03. The van der Waals surface area contributed by atoms with E-state index in [-0.39, 0.29) is 5.41 Å². The van der Waals surface area contributed by atoms with Crippen molar-refractivity contribution in [3.8, 4) is 0 Å². The molecule has 2 atom stereocenters. The summed E-state index contributed by atoms with van der Waals surface area (Å²) < 4.78 is 5.77. The standard InChI is InChI=1S/C15H32N2O/c1-8-18-13-9-12(15(13,4)5)16-10-14(2,3)11-17(6)7/h12-13,16H,8-11H2,1-7H3. The molecule has 0 bridgehead atoms. The fourth-order valence-corrected chi connectivity index (χ4v) is 3.03. The number of rotatable bonds is 7. The van der Waals surface area contributed by atoms with Crippen LogP contribution in [0.5, 0.6) is 0 Å². The highest BCUT2D eigenvalue weighted by Gasteiger charge is 2.48. The fraction of sp³-hybridized carbons (Fsp3) is 1.00. The van der Waals surface area contributed by atoms with Crippen LogP contribution in [0.15, 0.2) is 0 Å². The van der Waals surface area contributed by atoms with Gasteiger partial charge in [-0.3, -0.25) is 0 Å². The first-order chi connectivity index (χ1) is 8.19. The average molecular weight is 256 g/mol. The number of hydrogen-bond acceptors (Lipinski definition) is 3. The van der Waals surface area contributed by atoms with Crippen molar-refractivity contribution in [2.24, 2.45) is 10.8 Å². The van der Waals surface area contributed by atoms with Crippen LogP contribution in [0.1, 0.15) is 41.0 Å². The lowest BCUT2D eigenvalue weighted by Gasteiger charge is -2.52. The van der Waals surface area contributed by atoms with Gasteiger partial charge in [0.1, 0.15) is 0 Å². The minimum atomic E-state index is 0.268. The van der Waals surface area contributed by atoms with Gasteiger partial charge in [-0.2, -0.15) is 0 Å². The molecule has 1 saturated carbocycles. The van der Waals surface area contributed by atoms with Gasteiger partial charge in [-0.05, 0) is 32.9 Å². The third-order valence-electron chi connectivity index (χ3n) is 4.12. The molecule has 1 aliphatic rings. The van der Waals surface area contributed by atoms with Crippen molar-refractivity contribution in [1.82, 2.24) is 10.2 Å². The lowest BCUT2D eigenvalue weighted by Crippen LogP contribution is -2.62. The molecule has 0 aromatic rings. The Balaban J connectivity index is 2.37. The van der Waals surface area contributed by atoms with Crippen molar-refractivity contribution >= 4 is 0 Å². The van der Waals surface area contributed by atoms with Crippen LogP contribution in [-0.4, -0.2) is 50.8 Å². The molecule has 0 radical (unpaired) electrons. The van der Waals surface area contributed by atoms with E-state index < -0.39 is 0 Å². The van der Waals surface area contributed by atoms with Gasteiger partial charge in [0.25, 0.3) is 0 Å². The molecular formula is C15H32N2O. The minimum Gasteiger partial charge on any atom is -0.378 e. The SMILES string of the molecule is CCOC1CC(NCC(C)(C)CN(C)C)C1(C)C. The fourth-order valence-electron chi connectivity index (χ4n) is 3.03. The van der Waals surface area contributed by atoms with E-state index in [0.717, 1.165) is 26.1 Å². The first kappa shape index (κ1) is 15.9. The molecule has 0 amide bonds. The monoisotopic (exact) mass is 256 g/mol. The molecule has 108 valence electrons. The van der Waals surface area contributed by atoms with Crippen molar-refractivity contribution in [2.75, 3.05) is 33.8 Å². The van der Waals surface area contributed by atoms with Crippen molar-refractivity contribution in [2.45, 2.75) is 53.2 Å². The summed E-state index contributed by atoms with van der Waals surface area (Å²) in [4.78, 5) is 2.26. The Hall–Kier alpha value is -0.120. The molecule has 0 saturated heterocycles. The van der Waals surface area contributed by atoms with E-state index in [1.165, 1.54) is 0 Å². The molecule has 3 nitrogen and oxygen atoms in total. The second-order valence-corrected chi connectivity index (χ2v) is 7.34. The van der Waals surface area contributed by atoms with Crippen LogP contribution in [0.3, 0.4) is 0 Å². The summed E-state index contributed by atoms with van der Waals surface area (Å²) in [6, 6.07) is 0.593. The van der Waals surface area contributed by atoms with E-state index in [1.54, 1.807) is 0 Å². The molecule has 1 fully saturated rings. The van der Waals surface area contributed by atoms with Crippen molar-refractivity contribution in [3.63, 3.8) is 0 Å². The first-order valence-corrected chi connectivity index (χ1v) is 7.19. The third kappa shape index (κ3) is 3.94. The maximum absolute atomic E-state index is 5.77. The Bertz CT molecular complexity index is 261. The van der Waals surface area contributed by atoms with Gasteiger partial charge >= 0.3 is 0 Å². The molecule has 0 aromatic carbocycles. The summed E-state index contributed by atoms with van der Waals surface area (Å²) >= 11 is 0. The van der Waals surface area contributed by atoms with E-state index in [1.807, 2.05) is 0 Å². The average Bonchev–Trinajstić information content (AvgIpc) is 2.20. The maximum atomic E-state index is 5.77. The molecule has 0 spiro atoms. The van der Waals surface area contributed by atoms with Crippen LogP contribution >= 0.6 is 0 Å². The highest BCUT2D eigenvalue weighted by atomic mass is 16.5. The molecule has 3 heteroatoms. The van der Waals surface area contributed by atoms with Crippen molar-refractivity contribution < 1.29 is 4.74 Å². The van der Waals surface area contributed by atoms with Crippen LogP contribution < -0.4 is 5.32 Å². The predicted octanol–water partition coefficient (Wildman–Crippen LogP) is 2.37. The van der Waals surface area contributed by atoms with Gasteiger partial charge < -0.3 is 15.0 Å². The third-order valence-corrected chi connectivity index (χ3v) is 4.12. The summed E-state index contributed by atoms with van der Waals surface area (Å²) in [5.41, 5.74) is 0.584. The summed E-state index contributed by atoms with van der Waals surface area (Å²) in [7, 11) is 4.28. The molecular weight excluding hydrogens is 224 g/mol. The van der Waals surface area contributed by atoms with Gasteiger partial charge in [0, 0.05) is 31.2 Å². The lowest BCUT2D eigenvalue weighted by molar-refractivity contribution is -0.115. The minimum absolute atomic E-state index is 0.268. The predicted molar refractivity (Wildman–Crippen MR) is 77.9 cm³/mol. The quantitative estimate of drug-likeness (QED) is 0.757. The van der Waals surface area contributed by atoms with Gasteiger partial charge in [-0.25, -0.2) is 0 Å². The zero-order chi connectivity index (χ0) is 14.0. The Morgan fingerprint density at radius 3 is 2.39 bits per heavy atom. The highest BCUT2D eigenvalue weighted by Crippen LogP contribution is 2.42. The molecule has 1 N–H and O–H groups in total. The molecule has 0 aliphatic heterocycles. The van der Waals surface area contributed by atoms with Crippen LogP contribution in [0.25, 0.3) is 0 Å². The van der Waals surface area contributed by atoms with Gasteiger partial charge in [0.15, 0.2) is 0 Å². The Morgan fingerprint density at radius 1 is 1.33 bits per heavy atom. The second-order valence-electron chi connectivity index (χ2n) is 7.34. The smallest absolute Gasteiger partial charge is 0.0655 e. The number of ether oxygens (including phenoxy) is 1. The van der Waals surface area contributed by atoms with Crippen LogP contribution in [-0.2, 0) is 4.74 Å². The molecule has 1 rings (SSSR count). The van der Waals surface area contributed by atoms with Crippen LogP contribution in [0, 0.1) is 10.8 Å². The summed E-state index contributed by atoms with van der Waals surface area (Å²) in [5, 5.41) is 3.74. The normalized spacial score (nSPS) is 27.3. The van der Waals surface area contributed by atoms with Gasteiger partial charge in [0.2, 0.25) is 0 Å². The number of nitrogens with one attached hydrogen (secondary N) is 1. The Kier molecular flexibility index (Phi) is 5.22. The lowest BCUT2D eigenvalue weighted by atomic mass is 9.64. The van der Waals surface area contributed by atoms with Crippen LogP contribution in [0.2, 0.25) is 0 Å². The van der Waals surface area contributed by atoms with E-state index in [2.05, 4.69) is 58.9 Å². The summed E-state index contributed by atoms with van der Waals surface area (Å²) in [6.45, 7) is 14.4. The first-order valence-electron chi connectivity index (χ1n) is 7.19. The van der Waals surface area contributed by atoms with Crippen molar-refractivity contribution in [1.29, 1.82) is 0 Å². The number of hydrogen-bond donors (Lipinski definition) is 1. The Labute approximate surface area is 113 Å². The number of nitrogens with zero attached hydrogens (tertiary/aromatic N) is 1. The molecule has 0 aromatic heterocycles. The largest absolute Gasteiger partial charge is 0.378 e. The van der Waals surface area contributed by atoms with E-state index in [9.17, 15) is 0 Å². The van der Waals surface area contributed by atoms with Gasteiger partial charge in [-0.1, -0.05) is 27.7 Å². The topological polar surface area (TPSA) is 24.5 Å². The molecule has 1 aliphatic carbocycles. The summed E-state index contributed by atoms with van der Waals surface area (Å²) in [6.07, 6.45) is 1.58. The van der Waals surface area contributed by atoms with Crippen molar-refractivity contribution in [3.05, 3.63) is 0 Å². The zero-order valence-corrected chi connectivity index (χ0v) is 13.3. The van der Waals surface area contributed by atoms with E-state index >= 15 is 0 Å². The van der Waals surface area contributed by atoms with Gasteiger partial charge in [-0.15, -0.1) is 0 Å². The summed E-state index contributed by atoms with van der Waals surface area (Å²) in [5.74, 6) is 0. The molecule has 0 heterocycles. The molecule has 2 unspecified atom stereocenters. The Morgan fingerprint density at radius 2 is 1.94 bits per heavy atom. The van der Waals surface area contributed by atoms with E-state index in [0.29, 0.717) is 17.6 Å². The second kappa shape index (κ2) is 5.89. The van der Waals surface area contributed by atoms with Gasteiger partial charge in [0.05, 0.1) is 6.10 Å². The maximum Gasteiger partial charge on any atom is 0.0655 e. The zero-order valence-electron chi connectivity index (χ0n) is 13.3. The van der Waals surface area contributed by atoms with Crippen LogP contribution in [0.4, 0.5) is 0 Å². The molecule has 18 heavy (non-hydrogen) atoms.